The van der Waals surface area contributed by atoms with E-state index in [-0.39, 0.29) is 12.4 Å². The van der Waals surface area contributed by atoms with Gasteiger partial charge >= 0.3 is 5.97 Å². The number of para-hydroxylation sites is 1. The number of esters is 1. The van der Waals surface area contributed by atoms with Crippen LogP contribution in [0.15, 0.2) is 36.4 Å². The summed E-state index contributed by atoms with van der Waals surface area (Å²) >= 11 is 0. The third-order valence-corrected chi connectivity index (χ3v) is 4.78. The van der Waals surface area contributed by atoms with Crippen LogP contribution in [0.3, 0.4) is 0 Å². The molecule has 2 heterocycles. The normalized spacial score (nSPS) is 14.0. The molecule has 2 aromatic heterocycles. The van der Waals surface area contributed by atoms with Crippen molar-refractivity contribution < 1.29 is 14.3 Å². The van der Waals surface area contributed by atoms with E-state index < -0.39 is 5.97 Å². The second-order valence-electron chi connectivity index (χ2n) is 6.66. The molecule has 1 fully saturated rings. The van der Waals surface area contributed by atoms with E-state index in [1.54, 1.807) is 6.07 Å². The molecule has 0 radical (unpaired) electrons. The van der Waals surface area contributed by atoms with Gasteiger partial charge in [0, 0.05) is 33.9 Å². The molecule has 128 valence electrons. The highest BCUT2D eigenvalue weighted by Gasteiger charge is 2.28. The summed E-state index contributed by atoms with van der Waals surface area (Å²) in [5, 5.41) is 0.939. The number of H-pyrrole nitrogens is 1. The van der Waals surface area contributed by atoms with Crippen molar-refractivity contribution in [1.82, 2.24) is 9.55 Å². The molecule has 5 nitrogen and oxygen atoms in total. The Morgan fingerprint density at radius 1 is 1.20 bits per heavy atom. The number of ether oxygens (including phenoxy) is 1. The molecule has 0 aliphatic heterocycles. The van der Waals surface area contributed by atoms with Crippen LogP contribution in [-0.2, 0) is 4.74 Å². The van der Waals surface area contributed by atoms with Gasteiger partial charge in [-0.05, 0) is 44.9 Å². The Morgan fingerprint density at radius 3 is 2.68 bits per heavy atom. The lowest BCUT2D eigenvalue weighted by Gasteiger charge is -2.07. The third-order valence-electron chi connectivity index (χ3n) is 4.78. The standard InChI is InChI=1S/C20H20N2O3/c1-12-9-16(13(2)22(12)15-7-8-15)19(23)11-25-20(24)18-10-14-5-3-4-6-17(14)21-18/h3-6,9-10,15,21H,7-8,11H2,1-2H3. The van der Waals surface area contributed by atoms with Gasteiger partial charge in [0.1, 0.15) is 5.69 Å². The van der Waals surface area contributed by atoms with Crippen molar-refractivity contribution in [3.8, 4) is 0 Å². The smallest absolute Gasteiger partial charge is 0.355 e. The van der Waals surface area contributed by atoms with Gasteiger partial charge in [0.05, 0.1) is 0 Å². The third kappa shape index (κ3) is 2.86. The molecule has 3 aromatic rings. The molecule has 1 aromatic carbocycles. The minimum absolute atomic E-state index is 0.163. The number of carbonyl (C=O) groups excluding carboxylic acids is 2. The first-order chi connectivity index (χ1) is 12.0. The number of nitrogens with zero attached hydrogens (tertiary/aromatic N) is 1. The first-order valence-electron chi connectivity index (χ1n) is 8.51. The second-order valence-corrected chi connectivity index (χ2v) is 6.66. The molecule has 0 spiro atoms. The fraction of sp³-hybridized carbons (Fsp3) is 0.300. The van der Waals surface area contributed by atoms with Crippen LogP contribution in [0.4, 0.5) is 0 Å². The van der Waals surface area contributed by atoms with Crippen molar-refractivity contribution in [1.29, 1.82) is 0 Å². The molecule has 0 amide bonds. The lowest BCUT2D eigenvalue weighted by molar-refractivity contribution is 0.0469. The number of rotatable bonds is 5. The SMILES string of the molecule is Cc1cc(C(=O)COC(=O)c2cc3ccccc3[nH]2)c(C)n1C1CC1. The number of hydrogen-bond donors (Lipinski definition) is 1. The van der Waals surface area contributed by atoms with Crippen LogP contribution in [-0.4, -0.2) is 27.9 Å². The van der Waals surface area contributed by atoms with Crippen molar-refractivity contribution in [2.24, 2.45) is 0 Å². The highest BCUT2D eigenvalue weighted by atomic mass is 16.5. The minimum atomic E-state index is -0.513. The van der Waals surface area contributed by atoms with Crippen molar-refractivity contribution in [3.63, 3.8) is 0 Å². The zero-order valence-electron chi connectivity index (χ0n) is 14.3. The Balaban J connectivity index is 1.46. The highest BCUT2D eigenvalue weighted by molar-refractivity contribution is 6.01. The Kier molecular flexibility index (Phi) is 3.71. The van der Waals surface area contributed by atoms with Gasteiger partial charge in [-0.25, -0.2) is 4.79 Å². The van der Waals surface area contributed by atoms with E-state index in [2.05, 4.69) is 9.55 Å². The molecule has 0 bridgehead atoms. The summed E-state index contributed by atoms with van der Waals surface area (Å²) < 4.78 is 7.44. The lowest BCUT2D eigenvalue weighted by Crippen LogP contribution is -2.15. The zero-order chi connectivity index (χ0) is 17.6. The number of hydrogen-bond acceptors (Lipinski definition) is 3. The van der Waals surface area contributed by atoms with Gasteiger partial charge in [0.25, 0.3) is 0 Å². The van der Waals surface area contributed by atoms with Crippen LogP contribution in [0.2, 0.25) is 0 Å². The van der Waals surface area contributed by atoms with Gasteiger partial charge in [0.15, 0.2) is 6.61 Å². The number of aromatic nitrogens is 2. The highest BCUT2D eigenvalue weighted by Crippen LogP contribution is 2.38. The molecule has 5 heteroatoms. The first-order valence-corrected chi connectivity index (χ1v) is 8.51. The molecule has 0 saturated heterocycles. The van der Waals surface area contributed by atoms with Crippen LogP contribution in [0.5, 0.6) is 0 Å². The predicted molar refractivity (Wildman–Crippen MR) is 95.1 cm³/mol. The number of benzene rings is 1. The summed E-state index contributed by atoms with van der Waals surface area (Å²) in [6.45, 7) is 3.72. The number of Topliss-reactive ketones (excluding diaryl/α,β-unsaturated/α-hetero) is 1. The van der Waals surface area contributed by atoms with E-state index >= 15 is 0 Å². The quantitative estimate of drug-likeness (QED) is 0.566. The Labute approximate surface area is 145 Å². The number of aryl methyl sites for hydroxylation is 1. The molecule has 25 heavy (non-hydrogen) atoms. The summed E-state index contributed by atoms with van der Waals surface area (Å²) in [5.74, 6) is -0.676. The van der Waals surface area contributed by atoms with E-state index in [1.807, 2.05) is 44.2 Å². The number of aromatic amines is 1. The Bertz CT molecular complexity index is 943. The number of nitrogens with one attached hydrogen (secondary N) is 1. The molecule has 1 N–H and O–H groups in total. The van der Waals surface area contributed by atoms with Crippen molar-refractivity contribution in [2.45, 2.75) is 32.7 Å². The van der Waals surface area contributed by atoms with Crippen LogP contribution in [0, 0.1) is 13.8 Å². The average Bonchev–Trinajstić information content (AvgIpc) is 3.25. The van der Waals surface area contributed by atoms with E-state index in [0.717, 1.165) is 22.3 Å². The second kappa shape index (κ2) is 5.92. The Hall–Kier alpha value is -2.82. The number of carbonyl (C=O) groups is 2. The minimum Gasteiger partial charge on any atom is -0.453 e. The summed E-state index contributed by atoms with van der Waals surface area (Å²) in [6, 6.07) is 11.8. The molecular formula is C20H20N2O3. The fourth-order valence-electron chi connectivity index (χ4n) is 3.42. The van der Waals surface area contributed by atoms with Gasteiger partial charge in [0.2, 0.25) is 5.78 Å². The molecule has 0 unspecified atom stereocenters. The average molecular weight is 336 g/mol. The maximum Gasteiger partial charge on any atom is 0.355 e. The summed E-state index contributed by atoms with van der Waals surface area (Å²) in [5.41, 5.74) is 3.93. The van der Waals surface area contributed by atoms with Gasteiger partial charge in [-0.15, -0.1) is 0 Å². The van der Waals surface area contributed by atoms with E-state index in [1.165, 1.54) is 12.8 Å². The molecule has 1 aliphatic carbocycles. The van der Waals surface area contributed by atoms with Crippen LogP contribution in [0.1, 0.15) is 51.1 Å². The van der Waals surface area contributed by atoms with Crippen molar-refractivity contribution in [3.05, 3.63) is 59.0 Å². The maximum atomic E-state index is 12.5. The molecule has 0 atom stereocenters. The van der Waals surface area contributed by atoms with Gasteiger partial charge in [-0.3, -0.25) is 4.79 Å². The van der Waals surface area contributed by atoms with Crippen LogP contribution >= 0.6 is 0 Å². The zero-order valence-corrected chi connectivity index (χ0v) is 14.3. The lowest BCUT2D eigenvalue weighted by atomic mass is 10.1. The molecule has 4 rings (SSSR count). The summed E-state index contributed by atoms with van der Waals surface area (Å²) in [6.07, 6.45) is 2.33. The van der Waals surface area contributed by atoms with E-state index in [9.17, 15) is 9.59 Å². The van der Waals surface area contributed by atoms with E-state index in [4.69, 9.17) is 4.74 Å². The molecular weight excluding hydrogens is 316 g/mol. The van der Waals surface area contributed by atoms with Gasteiger partial charge in [-0.1, -0.05) is 18.2 Å². The van der Waals surface area contributed by atoms with Crippen molar-refractivity contribution in [2.75, 3.05) is 6.61 Å². The van der Waals surface area contributed by atoms with Crippen molar-refractivity contribution >= 4 is 22.7 Å². The van der Waals surface area contributed by atoms with Crippen LogP contribution in [0.25, 0.3) is 10.9 Å². The Morgan fingerprint density at radius 2 is 1.96 bits per heavy atom. The monoisotopic (exact) mass is 336 g/mol. The first kappa shape index (κ1) is 15.7. The van der Waals surface area contributed by atoms with Gasteiger partial charge in [-0.2, -0.15) is 0 Å². The maximum absolute atomic E-state index is 12.5. The van der Waals surface area contributed by atoms with Crippen LogP contribution < -0.4 is 0 Å². The number of fused-ring (bicyclic) bond motifs is 1. The number of ketones is 1. The largest absolute Gasteiger partial charge is 0.453 e. The fourth-order valence-corrected chi connectivity index (χ4v) is 3.42. The predicted octanol–water partition coefficient (Wildman–Crippen LogP) is 3.96. The molecule has 1 aliphatic rings. The van der Waals surface area contributed by atoms with E-state index in [0.29, 0.717) is 17.3 Å². The van der Waals surface area contributed by atoms with Gasteiger partial charge < -0.3 is 14.3 Å². The summed E-state index contributed by atoms with van der Waals surface area (Å²) in [4.78, 5) is 27.7. The topological polar surface area (TPSA) is 64.1 Å². The molecule has 1 saturated carbocycles. The summed E-state index contributed by atoms with van der Waals surface area (Å²) in [7, 11) is 0.